The zero-order chi connectivity index (χ0) is 17.3. The first-order valence-corrected chi connectivity index (χ1v) is 7.90. The zero-order valence-electron chi connectivity index (χ0n) is 13.7. The van der Waals surface area contributed by atoms with Crippen molar-refractivity contribution in [2.75, 3.05) is 0 Å². The van der Waals surface area contributed by atoms with Gasteiger partial charge in [0.2, 0.25) is 5.91 Å². The van der Waals surface area contributed by atoms with Gasteiger partial charge in [-0.1, -0.05) is 6.07 Å². The van der Waals surface area contributed by atoms with Crippen molar-refractivity contribution < 1.29 is 14.4 Å². The lowest BCUT2D eigenvalue weighted by molar-refractivity contribution is -0.122. The van der Waals surface area contributed by atoms with E-state index in [-0.39, 0.29) is 18.2 Å². The summed E-state index contributed by atoms with van der Waals surface area (Å²) in [6.45, 7) is 4.54. The Morgan fingerprint density at radius 2 is 2.04 bits per heavy atom. The number of benzene rings is 1. The summed E-state index contributed by atoms with van der Waals surface area (Å²) in [6.07, 6.45) is 0.474. The maximum Gasteiger partial charge on any atom is 0.322 e. The van der Waals surface area contributed by atoms with Crippen molar-refractivity contribution in [3.8, 4) is 0 Å². The van der Waals surface area contributed by atoms with Crippen LogP contribution >= 0.6 is 0 Å². The fourth-order valence-electron chi connectivity index (χ4n) is 2.84. The van der Waals surface area contributed by atoms with Gasteiger partial charge in [0.1, 0.15) is 6.04 Å². The smallest absolute Gasteiger partial charge is 0.322 e. The Kier molecular flexibility index (Phi) is 4.24. The molecule has 4 N–H and O–H groups in total. The van der Waals surface area contributed by atoms with Crippen LogP contribution in [0.1, 0.15) is 29.7 Å². The molecule has 2 aromatic rings. The number of urea groups is 1. The van der Waals surface area contributed by atoms with Crippen molar-refractivity contribution in [3.63, 3.8) is 0 Å². The molecule has 0 aliphatic carbocycles. The molecule has 0 spiro atoms. The predicted octanol–water partition coefficient (Wildman–Crippen LogP) is 1.39. The highest BCUT2D eigenvalue weighted by Gasteiger charge is 2.29. The topological polar surface area (TPSA) is 103 Å². The van der Waals surface area contributed by atoms with E-state index in [2.05, 4.69) is 33.9 Å². The Balaban J connectivity index is 1.53. The van der Waals surface area contributed by atoms with Crippen LogP contribution in [-0.2, 0) is 16.1 Å². The highest BCUT2D eigenvalue weighted by atomic mass is 16.2. The molecule has 3 rings (SSSR count). The molecule has 4 amide bonds. The number of aryl methyl sites for hydroxylation is 2. The van der Waals surface area contributed by atoms with Gasteiger partial charge in [0.05, 0.1) is 0 Å². The van der Waals surface area contributed by atoms with Gasteiger partial charge in [-0.05, 0) is 43.5 Å². The molecule has 2 heterocycles. The number of imide groups is 1. The number of rotatable bonds is 5. The fourth-order valence-corrected chi connectivity index (χ4v) is 2.84. The molecule has 0 radical (unpaired) electrons. The minimum atomic E-state index is -0.620. The van der Waals surface area contributed by atoms with E-state index in [1.807, 2.05) is 19.1 Å². The van der Waals surface area contributed by atoms with Gasteiger partial charge >= 0.3 is 6.03 Å². The van der Waals surface area contributed by atoms with Crippen molar-refractivity contribution in [2.45, 2.75) is 39.3 Å². The minimum Gasteiger partial charge on any atom is -0.358 e. The number of H-pyrrole nitrogens is 1. The number of fused-ring (bicyclic) bond motifs is 1. The first-order valence-electron chi connectivity index (χ1n) is 7.90. The van der Waals surface area contributed by atoms with Gasteiger partial charge in [0, 0.05) is 29.6 Å². The van der Waals surface area contributed by atoms with Gasteiger partial charge in [-0.3, -0.25) is 14.9 Å². The van der Waals surface area contributed by atoms with Crippen LogP contribution in [0.4, 0.5) is 4.79 Å². The van der Waals surface area contributed by atoms with Gasteiger partial charge in [-0.25, -0.2) is 4.79 Å². The lowest BCUT2D eigenvalue weighted by Gasteiger charge is -2.08. The summed E-state index contributed by atoms with van der Waals surface area (Å²) in [4.78, 5) is 37.7. The van der Waals surface area contributed by atoms with Crippen LogP contribution in [0.15, 0.2) is 18.2 Å². The van der Waals surface area contributed by atoms with Crippen LogP contribution in [-0.4, -0.2) is 28.9 Å². The maximum atomic E-state index is 11.9. The fraction of sp³-hybridized carbons (Fsp3) is 0.353. The summed E-state index contributed by atoms with van der Waals surface area (Å²) in [7, 11) is 0. The molecule has 1 aromatic carbocycles. The van der Waals surface area contributed by atoms with Crippen molar-refractivity contribution >= 4 is 28.7 Å². The van der Waals surface area contributed by atoms with Crippen molar-refractivity contribution in [1.82, 2.24) is 20.9 Å². The number of nitrogens with one attached hydrogen (secondary N) is 4. The average Bonchev–Trinajstić information content (AvgIpc) is 3.02. The molecule has 7 heteroatoms. The summed E-state index contributed by atoms with van der Waals surface area (Å²) < 4.78 is 0. The van der Waals surface area contributed by atoms with Crippen LogP contribution in [0.5, 0.6) is 0 Å². The second kappa shape index (κ2) is 6.35. The number of hydrogen-bond acceptors (Lipinski definition) is 3. The van der Waals surface area contributed by atoms with Crippen molar-refractivity contribution in [3.05, 3.63) is 35.0 Å². The number of amides is 4. The maximum absolute atomic E-state index is 11.9. The monoisotopic (exact) mass is 328 g/mol. The molecule has 24 heavy (non-hydrogen) atoms. The first-order chi connectivity index (χ1) is 11.4. The Hall–Kier alpha value is -2.83. The molecule has 7 nitrogen and oxygen atoms in total. The molecule has 0 unspecified atom stereocenters. The number of aromatic nitrogens is 1. The number of hydrogen-bond donors (Lipinski definition) is 4. The van der Waals surface area contributed by atoms with E-state index in [4.69, 9.17) is 0 Å². The van der Waals surface area contributed by atoms with E-state index in [0.29, 0.717) is 13.0 Å². The summed E-state index contributed by atoms with van der Waals surface area (Å²) in [6, 6.07) is 4.93. The third-order valence-electron chi connectivity index (χ3n) is 4.38. The van der Waals surface area contributed by atoms with Gasteiger partial charge in [0.15, 0.2) is 0 Å². The number of aromatic amines is 1. The highest BCUT2D eigenvalue weighted by Crippen LogP contribution is 2.22. The quantitative estimate of drug-likeness (QED) is 0.624. The third kappa shape index (κ3) is 3.24. The Bertz CT molecular complexity index is 825. The molecule has 1 aromatic heterocycles. The van der Waals surface area contributed by atoms with Gasteiger partial charge in [0.25, 0.3) is 5.91 Å². The number of carbonyl (C=O) groups is 3. The van der Waals surface area contributed by atoms with Crippen LogP contribution in [0.3, 0.4) is 0 Å². The summed E-state index contributed by atoms with van der Waals surface area (Å²) in [5.41, 5.74) is 4.46. The first kappa shape index (κ1) is 16.0. The summed E-state index contributed by atoms with van der Waals surface area (Å²) in [5, 5.41) is 8.63. The lowest BCUT2D eigenvalue weighted by Crippen LogP contribution is -2.31. The molecule has 0 bridgehead atoms. The molecule has 1 aliphatic heterocycles. The molecule has 0 saturated carbocycles. The second-order valence-electron chi connectivity index (χ2n) is 6.09. The molecule has 1 atom stereocenters. The average molecular weight is 328 g/mol. The Morgan fingerprint density at radius 1 is 1.25 bits per heavy atom. The van der Waals surface area contributed by atoms with E-state index >= 15 is 0 Å². The molecular formula is C17H20N4O3. The van der Waals surface area contributed by atoms with Crippen LogP contribution in [0.25, 0.3) is 10.9 Å². The molecule has 1 fully saturated rings. The van der Waals surface area contributed by atoms with Crippen molar-refractivity contribution in [2.24, 2.45) is 0 Å². The Morgan fingerprint density at radius 3 is 2.75 bits per heavy atom. The largest absolute Gasteiger partial charge is 0.358 e. The lowest BCUT2D eigenvalue weighted by atomic mass is 10.1. The van der Waals surface area contributed by atoms with E-state index in [9.17, 15) is 14.4 Å². The summed E-state index contributed by atoms with van der Waals surface area (Å²) in [5.74, 6) is -0.525. The summed E-state index contributed by atoms with van der Waals surface area (Å²) >= 11 is 0. The van der Waals surface area contributed by atoms with Crippen LogP contribution in [0.2, 0.25) is 0 Å². The zero-order valence-corrected chi connectivity index (χ0v) is 13.7. The predicted molar refractivity (Wildman–Crippen MR) is 89.3 cm³/mol. The van der Waals surface area contributed by atoms with E-state index in [0.717, 1.165) is 22.2 Å². The van der Waals surface area contributed by atoms with Crippen LogP contribution in [0, 0.1) is 13.8 Å². The van der Waals surface area contributed by atoms with Gasteiger partial charge in [-0.2, -0.15) is 0 Å². The van der Waals surface area contributed by atoms with E-state index in [1.54, 1.807) is 0 Å². The van der Waals surface area contributed by atoms with Gasteiger partial charge < -0.3 is 15.6 Å². The third-order valence-corrected chi connectivity index (χ3v) is 4.38. The minimum absolute atomic E-state index is 0.147. The van der Waals surface area contributed by atoms with Crippen LogP contribution < -0.4 is 16.0 Å². The normalized spacial score (nSPS) is 17.0. The Labute approximate surface area is 139 Å². The second-order valence-corrected chi connectivity index (χ2v) is 6.09. The SMILES string of the molecule is Cc1[nH]c2ccc(CNC(=O)CC[C@H]3NC(=O)NC3=O)cc2c1C. The van der Waals surface area contributed by atoms with E-state index < -0.39 is 12.1 Å². The van der Waals surface area contributed by atoms with Crippen molar-refractivity contribution in [1.29, 1.82) is 0 Å². The standard InChI is InChI=1S/C17H20N4O3/c1-9-10(2)19-13-4-3-11(7-12(9)13)8-18-15(22)6-5-14-16(23)21-17(24)20-14/h3-4,7,14,19H,5-6,8H2,1-2H3,(H,18,22)(H2,20,21,23,24)/t14-/m1/s1. The van der Waals surface area contributed by atoms with E-state index in [1.165, 1.54) is 5.56 Å². The highest BCUT2D eigenvalue weighted by molar-refractivity contribution is 6.04. The molecular weight excluding hydrogens is 308 g/mol. The van der Waals surface area contributed by atoms with Gasteiger partial charge in [-0.15, -0.1) is 0 Å². The molecule has 1 saturated heterocycles. The number of carbonyl (C=O) groups excluding carboxylic acids is 3. The molecule has 126 valence electrons. The molecule has 1 aliphatic rings.